The molecule has 0 saturated carbocycles. The highest BCUT2D eigenvalue weighted by Gasteiger charge is 2.17. The molecule has 2 aromatic rings. The smallest absolute Gasteiger partial charge is 0.227 e. The zero-order chi connectivity index (χ0) is 14.7. The molecular formula is C14H15BrClN3O. The Labute approximate surface area is 131 Å². The van der Waals surface area contributed by atoms with Crippen molar-refractivity contribution in [3.05, 3.63) is 39.6 Å². The van der Waals surface area contributed by atoms with E-state index < -0.39 is 0 Å². The maximum Gasteiger partial charge on any atom is 0.227 e. The molecule has 0 fully saturated rings. The maximum atomic E-state index is 6.15. The summed E-state index contributed by atoms with van der Waals surface area (Å²) in [4.78, 5) is 8.44. The Morgan fingerprint density at radius 2 is 2.05 bits per heavy atom. The van der Waals surface area contributed by atoms with Crippen LogP contribution in [-0.4, -0.2) is 17.0 Å². The van der Waals surface area contributed by atoms with Crippen LogP contribution in [0.4, 0.5) is 5.82 Å². The number of hydrogen-bond acceptors (Lipinski definition) is 4. The van der Waals surface area contributed by atoms with Crippen molar-refractivity contribution in [1.82, 2.24) is 9.97 Å². The van der Waals surface area contributed by atoms with E-state index in [2.05, 4.69) is 45.1 Å². The van der Waals surface area contributed by atoms with E-state index in [9.17, 15) is 0 Å². The van der Waals surface area contributed by atoms with Crippen LogP contribution in [0.15, 0.2) is 29.0 Å². The molecule has 1 aromatic heterocycles. The van der Waals surface area contributed by atoms with Gasteiger partial charge in [-0.05, 0) is 24.1 Å². The Kier molecular flexibility index (Phi) is 4.83. The van der Waals surface area contributed by atoms with Gasteiger partial charge in [0, 0.05) is 11.5 Å². The summed E-state index contributed by atoms with van der Waals surface area (Å²) < 4.78 is 6.77. The summed E-state index contributed by atoms with van der Waals surface area (Å²) in [5.41, 5.74) is 0.922. The number of aromatic nitrogens is 2. The number of rotatable bonds is 4. The van der Waals surface area contributed by atoms with Gasteiger partial charge in [0.15, 0.2) is 0 Å². The molecule has 0 radical (unpaired) electrons. The van der Waals surface area contributed by atoms with Crippen LogP contribution >= 0.6 is 27.5 Å². The second-order valence-electron chi connectivity index (χ2n) is 4.52. The molecule has 0 saturated heterocycles. The van der Waals surface area contributed by atoms with E-state index in [1.807, 2.05) is 19.2 Å². The highest BCUT2D eigenvalue weighted by Crippen LogP contribution is 2.36. The van der Waals surface area contributed by atoms with Crippen molar-refractivity contribution in [2.75, 3.05) is 12.4 Å². The van der Waals surface area contributed by atoms with Gasteiger partial charge in [0.2, 0.25) is 5.88 Å². The molecule has 0 bridgehead atoms. The van der Waals surface area contributed by atoms with Gasteiger partial charge in [0.05, 0.1) is 10.6 Å². The number of anilines is 1. The predicted molar refractivity (Wildman–Crippen MR) is 84.9 cm³/mol. The van der Waals surface area contributed by atoms with Crippen LogP contribution in [0.5, 0.6) is 11.6 Å². The number of benzene rings is 1. The standard InChI is InChI=1S/C14H15BrClN3O/c1-8(2)12-13(17-3)18-7-19-14(12)20-11-6-9(15)4-5-10(11)16/h4-8H,1-3H3,(H,17,18,19). The summed E-state index contributed by atoms with van der Waals surface area (Å²) in [5, 5.41) is 3.59. The molecule has 0 aliphatic rings. The van der Waals surface area contributed by atoms with Gasteiger partial charge in [-0.25, -0.2) is 9.97 Å². The second kappa shape index (κ2) is 6.41. The molecule has 4 nitrogen and oxygen atoms in total. The van der Waals surface area contributed by atoms with Crippen LogP contribution in [0.3, 0.4) is 0 Å². The normalized spacial score (nSPS) is 10.7. The van der Waals surface area contributed by atoms with Crippen molar-refractivity contribution in [2.24, 2.45) is 0 Å². The minimum Gasteiger partial charge on any atom is -0.437 e. The zero-order valence-electron chi connectivity index (χ0n) is 11.4. The first kappa shape index (κ1) is 15.1. The van der Waals surface area contributed by atoms with Crippen LogP contribution in [0.2, 0.25) is 5.02 Å². The summed E-state index contributed by atoms with van der Waals surface area (Å²) in [6.45, 7) is 4.13. The van der Waals surface area contributed by atoms with Gasteiger partial charge in [-0.1, -0.05) is 41.4 Å². The molecule has 1 N–H and O–H groups in total. The van der Waals surface area contributed by atoms with Gasteiger partial charge < -0.3 is 10.1 Å². The second-order valence-corrected chi connectivity index (χ2v) is 5.85. The first-order valence-electron chi connectivity index (χ1n) is 6.18. The van der Waals surface area contributed by atoms with Crippen molar-refractivity contribution in [2.45, 2.75) is 19.8 Å². The first-order valence-corrected chi connectivity index (χ1v) is 7.35. The topological polar surface area (TPSA) is 47.0 Å². The number of halogens is 2. The van der Waals surface area contributed by atoms with E-state index in [1.165, 1.54) is 6.33 Å². The van der Waals surface area contributed by atoms with Gasteiger partial charge in [-0.3, -0.25) is 0 Å². The average molecular weight is 357 g/mol. The van der Waals surface area contributed by atoms with Crippen molar-refractivity contribution in [1.29, 1.82) is 0 Å². The number of hydrogen-bond donors (Lipinski definition) is 1. The summed E-state index contributed by atoms with van der Waals surface area (Å²) in [6.07, 6.45) is 1.47. The van der Waals surface area contributed by atoms with E-state index in [0.717, 1.165) is 15.9 Å². The summed E-state index contributed by atoms with van der Waals surface area (Å²) in [5.74, 6) is 2.05. The van der Waals surface area contributed by atoms with Crippen LogP contribution in [-0.2, 0) is 0 Å². The van der Waals surface area contributed by atoms with Crippen molar-refractivity contribution in [3.63, 3.8) is 0 Å². The van der Waals surface area contributed by atoms with E-state index >= 15 is 0 Å². The molecule has 2 rings (SSSR count). The molecule has 106 valence electrons. The number of nitrogens with zero attached hydrogens (tertiary/aromatic N) is 2. The molecule has 1 aromatic carbocycles. The van der Waals surface area contributed by atoms with Crippen LogP contribution < -0.4 is 10.1 Å². The Morgan fingerprint density at radius 3 is 2.70 bits per heavy atom. The molecule has 0 aliphatic heterocycles. The number of ether oxygens (including phenoxy) is 1. The maximum absolute atomic E-state index is 6.15. The lowest BCUT2D eigenvalue weighted by Gasteiger charge is -2.16. The lowest BCUT2D eigenvalue weighted by Crippen LogP contribution is -2.04. The Bertz CT molecular complexity index is 619. The SMILES string of the molecule is CNc1ncnc(Oc2cc(Br)ccc2Cl)c1C(C)C. The lowest BCUT2D eigenvalue weighted by atomic mass is 10.1. The number of nitrogens with one attached hydrogen (secondary N) is 1. The van der Waals surface area contributed by atoms with E-state index in [1.54, 1.807) is 6.07 Å². The molecule has 0 atom stereocenters. The average Bonchev–Trinajstić information content (AvgIpc) is 2.42. The van der Waals surface area contributed by atoms with Gasteiger partial charge in [-0.2, -0.15) is 0 Å². The van der Waals surface area contributed by atoms with E-state index in [-0.39, 0.29) is 5.92 Å². The molecule has 20 heavy (non-hydrogen) atoms. The molecule has 1 heterocycles. The molecule has 0 aliphatic carbocycles. The van der Waals surface area contributed by atoms with Gasteiger partial charge in [0.1, 0.15) is 17.9 Å². The van der Waals surface area contributed by atoms with Gasteiger partial charge in [0.25, 0.3) is 0 Å². The third-order valence-electron chi connectivity index (χ3n) is 2.76. The zero-order valence-corrected chi connectivity index (χ0v) is 13.8. The fourth-order valence-corrected chi connectivity index (χ4v) is 2.34. The van der Waals surface area contributed by atoms with Crippen molar-refractivity contribution in [3.8, 4) is 11.6 Å². The van der Waals surface area contributed by atoms with Crippen LogP contribution in [0.1, 0.15) is 25.3 Å². The molecule has 6 heteroatoms. The minimum atomic E-state index is 0.222. The largest absolute Gasteiger partial charge is 0.437 e. The Morgan fingerprint density at radius 1 is 1.30 bits per heavy atom. The van der Waals surface area contributed by atoms with Crippen molar-refractivity contribution < 1.29 is 4.74 Å². The van der Waals surface area contributed by atoms with Gasteiger partial charge >= 0.3 is 0 Å². The summed E-state index contributed by atoms with van der Waals surface area (Å²) in [7, 11) is 1.82. The fraction of sp³-hybridized carbons (Fsp3) is 0.286. The van der Waals surface area contributed by atoms with Crippen LogP contribution in [0.25, 0.3) is 0 Å². The van der Waals surface area contributed by atoms with Gasteiger partial charge in [-0.15, -0.1) is 0 Å². The van der Waals surface area contributed by atoms with Crippen molar-refractivity contribution >= 4 is 33.3 Å². The Hall–Kier alpha value is -1.33. The third kappa shape index (κ3) is 3.22. The molecule has 0 spiro atoms. The van der Waals surface area contributed by atoms with E-state index in [4.69, 9.17) is 16.3 Å². The lowest BCUT2D eigenvalue weighted by molar-refractivity contribution is 0.452. The summed E-state index contributed by atoms with van der Waals surface area (Å²) in [6, 6.07) is 5.45. The monoisotopic (exact) mass is 355 g/mol. The quantitative estimate of drug-likeness (QED) is 0.850. The Balaban J connectivity index is 2.45. The minimum absolute atomic E-state index is 0.222. The summed E-state index contributed by atoms with van der Waals surface area (Å²) >= 11 is 9.55. The molecule has 0 amide bonds. The first-order chi connectivity index (χ1) is 9.52. The fourth-order valence-electron chi connectivity index (χ4n) is 1.84. The predicted octanol–water partition coefficient (Wildman–Crippen LogP) is 4.85. The highest BCUT2D eigenvalue weighted by atomic mass is 79.9. The molecular weight excluding hydrogens is 342 g/mol. The van der Waals surface area contributed by atoms with Crippen LogP contribution in [0, 0.1) is 0 Å². The molecule has 0 unspecified atom stereocenters. The third-order valence-corrected chi connectivity index (χ3v) is 3.57. The van der Waals surface area contributed by atoms with E-state index in [0.29, 0.717) is 16.7 Å². The highest BCUT2D eigenvalue weighted by molar-refractivity contribution is 9.10.